The minimum Gasteiger partial charge on any atom is -0.399 e. The number of nitrogen functional groups attached to an aromatic ring is 1. The highest BCUT2D eigenvalue weighted by molar-refractivity contribution is 5.83. The van der Waals surface area contributed by atoms with Crippen molar-refractivity contribution in [3.63, 3.8) is 0 Å². The van der Waals surface area contributed by atoms with Crippen LogP contribution in [0.5, 0.6) is 0 Å². The van der Waals surface area contributed by atoms with Gasteiger partial charge in [-0.15, -0.1) is 0 Å². The fourth-order valence-corrected chi connectivity index (χ4v) is 2.85. The number of anilines is 2. The number of rotatable bonds is 2. The topological polar surface area (TPSA) is 42.1 Å². The van der Waals surface area contributed by atoms with Crippen LogP contribution in [0.3, 0.4) is 0 Å². The Morgan fingerprint density at radius 2 is 2.11 bits per heavy atom. The molecule has 1 unspecified atom stereocenters. The molecule has 0 spiro atoms. The van der Waals surface area contributed by atoms with E-state index < -0.39 is 0 Å². The molecule has 1 fully saturated rings. The van der Waals surface area contributed by atoms with Gasteiger partial charge in [-0.3, -0.25) is 0 Å². The molecule has 2 heterocycles. The van der Waals surface area contributed by atoms with Gasteiger partial charge in [-0.25, -0.2) is 4.98 Å². The number of benzene rings is 1. The Morgan fingerprint density at radius 1 is 1.26 bits per heavy atom. The van der Waals surface area contributed by atoms with Gasteiger partial charge in [-0.1, -0.05) is 13.8 Å². The highest BCUT2D eigenvalue weighted by Crippen LogP contribution is 2.28. The molecule has 0 saturated carbocycles. The molecule has 0 amide bonds. The van der Waals surface area contributed by atoms with Crippen LogP contribution in [-0.2, 0) is 0 Å². The first-order chi connectivity index (χ1) is 9.13. The van der Waals surface area contributed by atoms with Crippen LogP contribution in [-0.4, -0.2) is 18.1 Å². The molecule has 1 aliphatic rings. The van der Waals surface area contributed by atoms with Gasteiger partial charge in [0.1, 0.15) is 5.82 Å². The lowest BCUT2D eigenvalue weighted by Crippen LogP contribution is -2.22. The predicted molar refractivity (Wildman–Crippen MR) is 81.3 cm³/mol. The van der Waals surface area contributed by atoms with Crippen LogP contribution in [0.25, 0.3) is 10.9 Å². The van der Waals surface area contributed by atoms with Gasteiger partial charge in [0, 0.05) is 24.2 Å². The Kier molecular flexibility index (Phi) is 3.05. The Balaban J connectivity index is 1.88. The zero-order chi connectivity index (χ0) is 13.4. The van der Waals surface area contributed by atoms with Crippen molar-refractivity contribution in [2.24, 2.45) is 11.8 Å². The predicted octanol–water partition coefficient (Wildman–Crippen LogP) is 3.30. The maximum absolute atomic E-state index is 5.80. The third-order valence-corrected chi connectivity index (χ3v) is 4.19. The zero-order valence-electron chi connectivity index (χ0n) is 11.6. The molecule has 0 radical (unpaired) electrons. The van der Waals surface area contributed by atoms with Crippen LogP contribution < -0.4 is 10.6 Å². The van der Waals surface area contributed by atoms with Crippen LogP contribution in [0.15, 0.2) is 30.3 Å². The van der Waals surface area contributed by atoms with Crippen molar-refractivity contribution < 1.29 is 0 Å². The molecule has 3 rings (SSSR count). The van der Waals surface area contributed by atoms with Crippen molar-refractivity contribution >= 4 is 22.4 Å². The number of fused-ring (bicyclic) bond motifs is 1. The minimum atomic E-state index is 0.755. The van der Waals surface area contributed by atoms with Crippen molar-refractivity contribution in [2.75, 3.05) is 23.7 Å². The Labute approximate surface area is 114 Å². The van der Waals surface area contributed by atoms with Crippen LogP contribution in [0.1, 0.15) is 20.3 Å². The lowest BCUT2D eigenvalue weighted by Gasteiger charge is -2.19. The molecule has 2 N–H and O–H groups in total. The maximum atomic E-state index is 5.80. The van der Waals surface area contributed by atoms with Crippen LogP contribution in [0.2, 0.25) is 0 Å². The van der Waals surface area contributed by atoms with E-state index >= 15 is 0 Å². The number of hydrogen-bond donors (Lipinski definition) is 1. The SMILES string of the molecule is CC(C)C1CCN(c2ccc3cc(N)ccc3n2)C1. The lowest BCUT2D eigenvalue weighted by atomic mass is 9.95. The Bertz CT molecular complexity index is 592. The first kappa shape index (κ1) is 12.3. The van der Waals surface area contributed by atoms with E-state index in [1.165, 1.54) is 6.42 Å². The van der Waals surface area contributed by atoms with E-state index in [1.807, 2.05) is 18.2 Å². The maximum Gasteiger partial charge on any atom is 0.129 e. The average molecular weight is 255 g/mol. The van der Waals surface area contributed by atoms with Crippen molar-refractivity contribution in [1.82, 2.24) is 4.98 Å². The van der Waals surface area contributed by atoms with Gasteiger partial charge < -0.3 is 10.6 Å². The quantitative estimate of drug-likeness (QED) is 0.837. The molecule has 1 aliphatic heterocycles. The van der Waals surface area contributed by atoms with Gasteiger partial charge in [0.15, 0.2) is 0 Å². The molecule has 1 atom stereocenters. The van der Waals surface area contributed by atoms with Crippen LogP contribution >= 0.6 is 0 Å². The second kappa shape index (κ2) is 4.72. The second-order valence-electron chi connectivity index (χ2n) is 5.86. The van der Waals surface area contributed by atoms with Crippen LogP contribution in [0.4, 0.5) is 11.5 Å². The first-order valence-electron chi connectivity index (χ1n) is 7.05. The normalized spacial score (nSPS) is 19.5. The summed E-state index contributed by atoms with van der Waals surface area (Å²) >= 11 is 0. The van der Waals surface area contributed by atoms with E-state index in [0.717, 1.165) is 47.3 Å². The van der Waals surface area contributed by atoms with E-state index in [0.29, 0.717) is 0 Å². The lowest BCUT2D eigenvalue weighted by molar-refractivity contribution is 0.422. The van der Waals surface area contributed by atoms with Crippen molar-refractivity contribution in [3.05, 3.63) is 30.3 Å². The highest BCUT2D eigenvalue weighted by atomic mass is 15.2. The van der Waals surface area contributed by atoms with Crippen molar-refractivity contribution in [3.8, 4) is 0 Å². The van der Waals surface area contributed by atoms with Crippen molar-refractivity contribution in [1.29, 1.82) is 0 Å². The van der Waals surface area contributed by atoms with E-state index in [-0.39, 0.29) is 0 Å². The monoisotopic (exact) mass is 255 g/mol. The molecule has 3 heteroatoms. The largest absolute Gasteiger partial charge is 0.399 e. The molecule has 1 aromatic carbocycles. The number of aromatic nitrogens is 1. The molecular formula is C16H21N3. The van der Waals surface area contributed by atoms with Gasteiger partial charge in [0.2, 0.25) is 0 Å². The third kappa shape index (κ3) is 2.37. The van der Waals surface area contributed by atoms with Gasteiger partial charge >= 0.3 is 0 Å². The summed E-state index contributed by atoms with van der Waals surface area (Å²) < 4.78 is 0. The Morgan fingerprint density at radius 3 is 2.84 bits per heavy atom. The first-order valence-corrected chi connectivity index (χ1v) is 7.05. The summed E-state index contributed by atoms with van der Waals surface area (Å²) in [5.74, 6) is 2.65. The molecule has 0 bridgehead atoms. The van der Waals surface area contributed by atoms with Gasteiger partial charge in [-0.05, 0) is 48.6 Å². The minimum absolute atomic E-state index is 0.755. The fraction of sp³-hybridized carbons (Fsp3) is 0.438. The Hall–Kier alpha value is -1.77. The van der Waals surface area contributed by atoms with Crippen molar-refractivity contribution in [2.45, 2.75) is 20.3 Å². The number of pyridine rings is 1. The summed E-state index contributed by atoms with van der Waals surface area (Å²) in [6.45, 7) is 6.87. The number of nitrogens with zero attached hydrogens (tertiary/aromatic N) is 2. The van der Waals surface area contributed by atoms with Gasteiger partial charge in [0.05, 0.1) is 5.52 Å². The summed E-state index contributed by atoms with van der Waals surface area (Å²) in [5.41, 5.74) is 7.62. The highest BCUT2D eigenvalue weighted by Gasteiger charge is 2.25. The van der Waals surface area contributed by atoms with E-state index in [1.54, 1.807) is 0 Å². The summed E-state index contributed by atoms with van der Waals surface area (Å²) in [6.07, 6.45) is 1.28. The molecule has 1 aromatic heterocycles. The summed E-state index contributed by atoms with van der Waals surface area (Å²) in [6, 6.07) is 10.1. The molecule has 1 saturated heterocycles. The number of nitrogens with two attached hydrogens (primary N) is 1. The molecule has 19 heavy (non-hydrogen) atoms. The smallest absolute Gasteiger partial charge is 0.129 e. The third-order valence-electron chi connectivity index (χ3n) is 4.19. The molecule has 2 aromatic rings. The molecular weight excluding hydrogens is 234 g/mol. The summed E-state index contributed by atoms with van der Waals surface area (Å²) in [4.78, 5) is 7.17. The molecule has 100 valence electrons. The van der Waals surface area contributed by atoms with E-state index in [4.69, 9.17) is 10.7 Å². The summed E-state index contributed by atoms with van der Waals surface area (Å²) in [5, 5.41) is 1.11. The van der Waals surface area contributed by atoms with E-state index in [9.17, 15) is 0 Å². The van der Waals surface area contributed by atoms with Gasteiger partial charge in [0.25, 0.3) is 0 Å². The standard InChI is InChI=1S/C16H21N3/c1-11(2)13-7-8-19(10-13)16-6-3-12-9-14(17)4-5-15(12)18-16/h3-6,9,11,13H,7-8,10,17H2,1-2H3. The van der Waals surface area contributed by atoms with E-state index in [2.05, 4.69) is 30.9 Å². The second-order valence-corrected chi connectivity index (χ2v) is 5.86. The zero-order valence-corrected chi connectivity index (χ0v) is 11.6. The van der Waals surface area contributed by atoms with Gasteiger partial charge in [-0.2, -0.15) is 0 Å². The fourth-order valence-electron chi connectivity index (χ4n) is 2.85. The average Bonchev–Trinajstić information content (AvgIpc) is 2.88. The van der Waals surface area contributed by atoms with Crippen LogP contribution in [0, 0.1) is 11.8 Å². The number of hydrogen-bond acceptors (Lipinski definition) is 3. The molecule has 3 nitrogen and oxygen atoms in total. The molecule has 0 aliphatic carbocycles. The summed E-state index contributed by atoms with van der Waals surface area (Å²) in [7, 11) is 0.